The Morgan fingerprint density at radius 1 is 1.03 bits per heavy atom. The first kappa shape index (κ1) is 20.0. The quantitative estimate of drug-likeness (QED) is 0.499. The molecule has 0 bridgehead atoms. The molecule has 0 aliphatic rings. The minimum absolute atomic E-state index is 0.271. The number of benzene rings is 2. The zero-order valence-corrected chi connectivity index (χ0v) is 17.4. The lowest BCUT2D eigenvalue weighted by atomic mass is 10.1. The van der Waals surface area contributed by atoms with Gasteiger partial charge in [-0.2, -0.15) is 14.6 Å². The molecular formula is C23H20N6O2. The largest absolute Gasteiger partial charge is 0.489 e. The van der Waals surface area contributed by atoms with E-state index in [2.05, 4.69) is 21.5 Å². The van der Waals surface area contributed by atoms with Gasteiger partial charge in [-0.3, -0.25) is 0 Å². The molecule has 2 heterocycles. The number of pyridine rings is 1. The number of nitrogens with zero attached hydrogens (tertiary/aromatic N) is 6. The third kappa shape index (κ3) is 3.94. The third-order valence-electron chi connectivity index (χ3n) is 5.04. The van der Waals surface area contributed by atoms with Gasteiger partial charge in [-0.1, -0.05) is 18.2 Å². The van der Waals surface area contributed by atoms with E-state index in [4.69, 9.17) is 10.00 Å². The second-order valence-electron chi connectivity index (χ2n) is 7.16. The number of hydrogen-bond acceptors (Lipinski definition) is 6. The highest BCUT2D eigenvalue weighted by molar-refractivity contribution is 5.62. The topological polar surface area (TPSA) is 98.6 Å². The summed E-state index contributed by atoms with van der Waals surface area (Å²) in [6.45, 7) is 4.19. The lowest BCUT2D eigenvalue weighted by Crippen LogP contribution is -2.23. The Labute approximate surface area is 179 Å². The second kappa shape index (κ2) is 8.24. The van der Waals surface area contributed by atoms with Gasteiger partial charge in [0.05, 0.1) is 11.4 Å². The van der Waals surface area contributed by atoms with Crippen molar-refractivity contribution in [1.29, 1.82) is 5.26 Å². The summed E-state index contributed by atoms with van der Waals surface area (Å²) in [4.78, 5) is 16.7. The summed E-state index contributed by atoms with van der Waals surface area (Å²) >= 11 is 0. The molecule has 0 saturated carbocycles. The van der Waals surface area contributed by atoms with Crippen LogP contribution in [0.25, 0.3) is 16.9 Å². The van der Waals surface area contributed by atoms with Gasteiger partial charge in [0.2, 0.25) is 0 Å². The number of aromatic nitrogens is 5. The van der Waals surface area contributed by atoms with Crippen molar-refractivity contribution in [1.82, 2.24) is 24.8 Å². The third-order valence-corrected chi connectivity index (χ3v) is 5.04. The molecule has 0 radical (unpaired) electrons. The molecule has 8 heteroatoms. The lowest BCUT2D eigenvalue weighted by molar-refractivity contribution is 0.302. The monoisotopic (exact) mass is 412 g/mol. The number of ether oxygens (including phenoxy) is 1. The van der Waals surface area contributed by atoms with Gasteiger partial charge in [0.1, 0.15) is 24.1 Å². The van der Waals surface area contributed by atoms with Crippen molar-refractivity contribution in [3.05, 3.63) is 87.5 Å². The molecule has 0 saturated heterocycles. The van der Waals surface area contributed by atoms with Gasteiger partial charge in [0.15, 0.2) is 0 Å². The van der Waals surface area contributed by atoms with Crippen LogP contribution in [0.3, 0.4) is 0 Å². The predicted molar refractivity (Wildman–Crippen MR) is 115 cm³/mol. The molecule has 0 amide bonds. The average Bonchev–Trinajstić information content (AvgIpc) is 3.11. The van der Waals surface area contributed by atoms with E-state index in [9.17, 15) is 4.79 Å². The summed E-state index contributed by atoms with van der Waals surface area (Å²) in [5.41, 5.74) is 5.13. The summed E-state index contributed by atoms with van der Waals surface area (Å²) in [5, 5.41) is 16.8. The fraction of sp³-hybridized carbons (Fsp3) is 0.174. The van der Waals surface area contributed by atoms with Crippen LogP contribution in [0.2, 0.25) is 0 Å². The van der Waals surface area contributed by atoms with E-state index in [1.807, 2.05) is 62.4 Å². The van der Waals surface area contributed by atoms with Gasteiger partial charge in [0, 0.05) is 18.2 Å². The van der Waals surface area contributed by atoms with Crippen LogP contribution < -0.4 is 10.4 Å². The highest BCUT2D eigenvalue weighted by atomic mass is 16.5. The van der Waals surface area contributed by atoms with Crippen LogP contribution in [0.4, 0.5) is 0 Å². The van der Waals surface area contributed by atoms with Crippen LogP contribution >= 0.6 is 0 Å². The van der Waals surface area contributed by atoms with E-state index in [-0.39, 0.29) is 12.3 Å². The van der Waals surface area contributed by atoms with Gasteiger partial charge < -0.3 is 4.74 Å². The predicted octanol–water partition coefficient (Wildman–Crippen LogP) is 3.10. The smallest absolute Gasteiger partial charge is 0.368 e. The summed E-state index contributed by atoms with van der Waals surface area (Å²) in [5.74, 6) is 0.723. The van der Waals surface area contributed by atoms with E-state index in [0.717, 1.165) is 33.7 Å². The molecule has 2 aromatic carbocycles. The first-order valence-corrected chi connectivity index (χ1v) is 9.67. The normalized spacial score (nSPS) is 10.6. The van der Waals surface area contributed by atoms with Crippen LogP contribution in [0.5, 0.6) is 5.75 Å². The van der Waals surface area contributed by atoms with E-state index in [1.165, 1.54) is 9.36 Å². The van der Waals surface area contributed by atoms with Crippen LogP contribution in [-0.2, 0) is 13.7 Å². The molecule has 0 atom stereocenters. The van der Waals surface area contributed by atoms with E-state index >= 15 is 0 Å². The Morgan fingerprint density at radius 3 is 2.55 bits per heavy atom. The van der Waals surface area contributed by atoms with Crippen LogP contribution in [0.1, 0.15) is 22.4 Å². The standard InChI is InChI=1S/C23H20N6O2/c1-15-6-4-9-21(29-23(30)28(3)26-27-29)19(15)14-31-22-11-10-17(12-16(22)2)20-8-5-7-18(13-24)25-20/h4-12H,14H2,1-3H3. The molecule has 0 aliphatic carbocycles. The molecule has 0 fully saturated rings. The maximum absolute atomic E-state index is 12.3. The number of aryl methyl sites for hydroxylation is 3. The SMILES string of the molecule is Cc1cc(-c2cccc(C#N)n2)ccc1OCc1c(C)cccc1-n1nnn(C)c1=O. The Morgan fingerprint density at radius 2 is 1.84 bits per heavy atom. The van der Waals surface area contributed by atoms with Crippen molar-refractivity contribution in [3.63, 3.8) is 0 Å². The minimum atomic E-state index is -0.320. The van der Waals surface area contributed by atoms with Gasteiger partial charge in [0.25, 0.3) is 0 Å². The zero-order valence-electron chi connectivity index (χ0n) is 17.4. The summed E-state index contributed by atoms with van der Waals surface area (Å²) in [7, 11) is 1.56. The molecule has 2 aromatic heterocycles. The number of rotatable bonds is 5. The molecule has 0 aliphatic heterocycles. The van der Waals surface area contributed by atoms with Crippen molar-refractivity contribution in [2.45, 2.75) is 20.5 Å². The fourth-order valence-electron chi connectivity index (χ4n) is 3.32. The van der Waals surface area contributed by atoms with Crippen molar-refractivity contribution < 1.29 is 4.74 Å². The number of hydrogen-bond donors (Lipinski definition) is 0. The van der Waals surface area contributed by atoms with Crippen LogP contribution in [0.15, 0.2) is 59.4 Å². The van der Waals surface area contributed by atoms with Crippen molar-refractivity contribution in [3.8, 4) is 28.8 Å². The fourth-order valence-corrected chi connectivity index (χ4v) is 3.32. The summed E-state index contributed by atoms with van der Waals surface area (Å²) in [6, 6.07) is 18.9. The molecule has 0 unspecified atom stereocenters. The van der Waals surface area contributed by atoms with Crippen LogP contribution in [0, 0.1) is 25.2 Å². The van der Waals surface area contributed by atoms with Crippen molar-refractivity contribution in [2.24, 2.45) is 7.05 Å². The van der Waals surface area contributed by atoms with Gasteiger partial charge in [-0.05, 0) is 71.8 Å². The molecule has 0 N–H and O–H groups in total. The van der Waals surface area contributed by atoms with Crippen LogP contribution in [-0.4, -0.2) is 24.8 Å². The van der Waals surface area contributed by atoms with Gasteiger partial charge in [-0.25, -0.2) is 9.78 Å². The first-order valence-electron chi connectivity index (χ1n) is 9.67. The Balaban J connectivity index is 1.61. The van der Waals surface area contributed by atoms with Gasteiger partial charge >= 0.3 is 5.69 Å². The second-order valence-corrected chi connectivity index (χ2v) is 7.16. The highest BCUT2D eigenvalue weighted by Gasteiger charge is 2.14. The Hall–Kier alpha value is -4.25. The van der Waals surface area contributed by atoms with E-state index in [0.29, 0.717) is 11.4 Å². The highest BCUT2D eigenvalue weighted by Crippen LogP contribution is 2.27. The molecule has 0 spiro atoms. The first-order chi connectivity index (χ1) is 15.0. The molecule has 31 heavy (non-hydrogen) atoms. The summed E-state index contributed by atoms with van der Waals surface area (Å²) < 4.78 is 8.56. The molecule has 4 aromatic rings. The van der Waals surface area contributed by atoms with E-state index < -0.39 is 0 Å². The minimum Gasteiger partial charge on any atom is -0.489 e. The number of nitriles is 1. The Bertz CT molecular complexity index is 1360. The average molecular weight is 412 g/mol. The number of tetrazole rings is 1. The summed E-state index contributed by atoms with van der Waals surface area (Å²) in [6.07, 6.45) is 0. The van der Waals surface area contributed by atoms with Crippen molar-refractivity contribution >= 4 is 0 Å². The zero-order chi connectivity index (χ0) is 22.0. The molecule has 8 nitrogen and oxygen atoms in total. The van der Waals surface area contributed by atoms with Gasteiger partial charge in [-0.15, -0.1) is 0 Å². The lowest BCUT2D eigenvalue weighted by Gasteiger charge is -2.15. The van der Waals surface area contributed by atoms with E-state index in [1.54, 1.807) is 13.1 Å². The maximum Gasteiger partial charge on any atom is 0.368 e. The maximum atomic E-state index is 12.3. The molecular weight excluding hydrogens is 392 g/mol. The molecule has 154 valence electrons. The Kier molecular flexibility index (Phi) is 5.33. The molecule has 4 rings (SSSR count). The van der Waals surface area contributed by atoms with Crippen molar-refractivity contribution in [2.75, 3.05) is 0 Å².